The molecule has 1 saturated heterocycles. The molecule has 6 atom stereocenters. The standard InChI is InChI=1S/C22H31N3O7/c1-10(2)7-13(16-8-12-5-4-6-15(26)18(12)22(31)32-16)25-21(30)20(29)19(28)14-9-17(27)24-11(3)23-14/h4-6,10-11,13-14,16,19-20,23,26,28-29H,7-9H2,1-3H3,(H,24,27)(H,25,30). The highest BCUT2D eigenvalue weighted by Crippen LogP contribution is 2.30. The monoisotopic (exact) mass is 449 g/mol. The zero-order valence-corrected chi connectivity index (χ0v) is 18.4. The Kier molecular flexibility index (Phi) is 7.37. The molecular formula is C22H31N3O7. The Morgan fingerprint density at radius 1 is 1.25 bits per heavy atom. The maximum Gasteiger partial charge on any atom is 0.342 e. The van der Waals surface area contributed by atoms with Gasteiger partial charge >= 0.3 is 5.97 Å². The zero-order valence-electron chi connectivity index (χ0n) is 18.4. The molecule has 10 heteroatoms. The molecule has 6 unspecified atom stereocenters. The normalized spacial score (nSPS) is 25.9. The average molecular weight is 450 g/mol. The number of hydrogen-bond donors (Lipinski definition) is 6. The van der Waals surface area contributed by atoms with E-state index in [0.717, 1.165) is 0 Å². The summed E-state index contributed by atoms with van der Waals surface area (Å²) in [5, 5.41) is 39.2. The molecule has 1 aromatic rings. The Morgan fingerprint density at radius 3 is 2.62 bits per heavy atom. The minimum Gasteiger partial charge on any atom is -0.507 e. The van der Waals surface area contributed by atoms with Gasteiger partial charge in [-0.3, -0.25) is 14.9 Å². The number of aromatic hydroxyl groups is 1. The molecule has 0 radical (unpaired) electrons. The fourth-order valence-electron chi connectivity index (χ4n) is 4.27. The Balaban J connectivity index is 1.72. The molecular weight excluding hydrogens is 418 g/mol. The van der Waals surface area contributed by atoms with Crippen molar-refractivity contribution in [2.75, 3.05) is 0 Å². The van der Waals surface area contributed by atoms with Crippen LogP contribution >= 0.6 is 0 Å². The molecule has 0 aromatic heterocycles. The summed E-state index contributed by atoms with van der Waals surface area (Å²) in [6.07, 6.45) is -3.73. The van der Waals surface area contributed by atoms with Gasteiger partial charge in [0.15, 0.2) is 6.10 Å². The molecule has 2 heterocycles. The van der Waals surface area contributed by atoms with Crippen LogP contribution in [0.5, 0.6) is 5.75 Å². The number of fused-ring (bicyclic) bond motifs is 1. The summed E-state index contributed by atoms with van der Waals surface area (Å²) < 4.78 is 5.52. The van der Waals surface area contributed by atoms with E-state index in [2.05, 4.69) is 16.0 Å². The van der Waals surface area contributed by atoms with E-state index in [1.165, 1.54) is 6.07 Å². The second kappa shape index (κ2) is 9.85. The summed E-state index contributed by atoms with van der Waals surface area (Å²) in [6.45, 7) is 5.58. The van der Waals surface area contributed by atoms with Gasteiger partial charge in [-0.1, -0.05) is 26.0 Å². The van der Waals surface area contributed by atoms with Gasteiger partial charge in [0, 0.05) is 18.9 Å². The molecule has 3 rings (SSSR count). The van der Waals surface area contributed by atoms with Gasteiger partial charge in [-0.25, -0.2) is 4.79 Å². The van der Waals surface area contributed by atoms with E-state index in [4.69, 9.17) is 4.74 Å². The third-order valence-electron chi connectivity index (χ3n) is 5.77. The molecule has 10 nitrogen and oxygen atoms in total. The largest absolute Gasteiger partial charge is 0.507 e. The molecule has 6 N–H and O–H groups in total. The van der Waals surface area contributed by atoms with Crippen LogP contribution in [0.1, 0.15) is 49.5 Å². The lowest BCUT2D eigenvalue weighted by atomic mass is 9.90. The molecule has 0 bridgehead atoms. The van der Waals surface area contributed by atoms with Gasteiger partial charge in [-0.05, 0) is 30.9 Å². The van der Waals surface area contributed by atoms with Crippen molar-refractivity contribution in [3.05, 3.63) is 29.3 Å². The van der Waals surface area contributed by atoms with Crippen molar-refractivity contribution in [1.29, 1.82) is 0 Å². The maximum atomic E-state index is 12.8. The van der Waals surface area contributed by atoms with E-state index in [1.54, 1.807) is 19.1 Å². The molecule has 0 saturated carbocycles. The van der Waals surface area contributed by atoms with Crippen LogP contribution in [0.4, 0.5) is 0 Å². The summed E-state index contributed by atoms with van der Waals surface area (Å²) in [7, 11) is 0. The number of amides is 2. The van der Waals surface area contributed by atoms with Crippen LogP contribution in [-0.2, 0) is 20.7 Å². The van der Waals surface area contributed by atoms with Crippen LogP contribution in [0, 0.1) is 5.92 Å². The fourth-order valence-corrected chi connectivity index (χ4v) is 4.27. The number of benzene rings is 1. The van der Waals surface area contributed by atoms with Crippen molar-refractivity contribution in [1.82, 2.24) is 16.0 Å². The summed E-state index contributed by atoms with van der Waals surface area (Å²) in [5.74, 6) is -1.81. The number of aliphatic hydroxyl groups is 2. The predicted molar refractivity (Wildman–Crippen MR) is 114 cm³/mol. The molecule has 2 aliphatic heterocycles. The maximum absolute atomic E-state index is 12.8. The van der Waals surface area contributed by atoms with Crippen LogP contribution in [0.25, 0.3) is 0 Å². The lowest BCUT2D eigenvalue weighted by molar-refractivity contribution is -0.141. The number of nitrogens with one attached hydrogen (secondary N) is 3. The van der Waals surface area contributed by atoms with E-state index < -0.39 is 48.4 Å². The number of rotatable bonds is 7. The molecule has 0 aliphatic carbocycles. The average Bonchev–Trinajstić information content (AvgIpc) is 2.70. The third kappa shape index (κ3) is 5.37. The van der Waals surface area contributed by atoms with Crippen LogP contribution < -0.4 is 16.0 Å². The molecule has 32 heavy (non-hydrogen) atoms. The lowest BCUT2D eigenvalue weighted by Crippen LogP contribution is -2.62. The number of phenolic OH excluding ortho intramolecular Hbond substituents is 1. The summed E-state index contributed by atoms with van der Waals surface area (Å²) in [5.41, 5.74) is 0.728. The SMILES string of the molecule is CC(C)CC(NC(=O)C(O)C(O)C1CC(=O)NC(C)N1)C1Cc2cccc(O)c2C(=O)O1. The zero-order chi connectivity index (χ0) is 23.6. The van der Waals surface area contributed by atoms with Crippen molar-refractivity contribution < 1.29 is 34.4 Å². The van der Waals surface area contributed by atoms with E-state index in [9.17, 15) is 29.7 Å². The molecule has 2 amide bonds. The van der Waals surface area contributed by atoms with Crippen LogP contribution in [0.3, 0.4) is 0 Å². The number of aliphatic hydroxyl groups excluding tert-OH is 2. The number of carbonyl (C=O) groups is 3. The Labute approximate surface area is 186 Å². The van der Waals surface area contributed by atoms with Crippen LogP contribution in [0.15, 0.2) is 18.2 Å². The molecule has 1 aromatic carbocycles. The Bertz CT molecular complexity index is 875. The van der Waals surface area contributed by atoms with Gasteiger partial charge in [0.05, 0.1) is 12.2 Å². The summed E-state index contributed by atoms with van der Waals surface area (Å²) >= 11 is 0. The van der Waals surface area contributed by atoms with Gasteiger partial charge in [0.2, 0.25) is 5.91 Å². The second-order valence-corrected chi connectivity index (χ2v) is 8.91. The first-order chi connectivity index (χ1) is 15.1. The number of esters is 1. The summed E-state index contributed by atoms with van der Waals surface area (Å²) in [6, 6.07) is 3.35. The first-order valence-electron chi connectivity index (χ1n) is 10.8. The van der Waals surface area contributed by atoms with Gasteiger partial charge < -0.3 is 30.7 Å². The smallest absolute Gasteiger partial charge is 0.342 e. The Hall–Kier alpha value is -2.69. The van der Waals surface area contributed by atoms with E-state index in [0.29, 0.717) is 12.0 Å². The topological polar surface area (TPSA) is 157 Å². The minimum atomic E-state index is -1.78. The van der Waals surface area contributed by atoms with Crippen molar-refractivity contribution in [2.45, 2.75) is 76.6 Å². The van der Waals surface area contributed by atoms with Gasteiger partial charge in [0.1, 0.15) is 23.5 Å². The highest BCUT2D eigenvalue weighted by molar-refractivity contribution is 5.95. The van der Waals surface area contributed by atoms with Crippen molar-refractivity contribution in [3.8, 4) is 5.75 Å². The van der Waals surface area contributed by atoms with E-state index in [-0.39, 0.29) is 36.0 Å². The minimum absolute atomic E-state index is 0.0776. The van der Waals surface area contributed by atoms with Crippen LogP contribution in [-0.4, -0.2) is 69.7 Å². The summed E-state index contributed by atoms with van der Waals surface area (Å²) in [4.78, 5) is 37.0. The van der Waals surface area contributed by atoms with Crippen molar-refractivity contribution >= 4 is 17.8 Å². The molecule has 1 fully saturated rings. The Morgan fingerprint density at radius 2 is 1.97 bits per heavy atom. The van der Waals surface area contributed by atoms with Gasteiger partial charge in [0.25, 0.3) is 5.91 Å². The highest BCUT2D eigenvalue weighted by Gasteiger charge is 2.39. The third-order valence-corrected chi connectivity index (χ3v) is 5.77. The number of hydrogen-bond acceptors (Lipinski definition) is 8. The van der Waals surface area contributed by atoms with E-state index >= 15 is 0 Å². The van der Waals surface area contributed by atoms with Crippen molar-refractivity contribution in [2.24, 2.45) is 5.92 Å². The number of ether oxygens (including phenoxy) is 1. The second-order valence-electron chi connectivity index (χ2n) is 8.91. The number of phenols is 1. The first kappa shape index (κ1) is 24.0. The number of carbonyl (C=O) groups excluding carboxylic acids is 3. The van der Waals surface area contributed by atoms with Crippen LogP contribution in [0.2, 0.25) is 0 Å². The predicted octanol–water partition coefficient (Wildman–Crippen LogP) is -0.449. The lowest BCUT2D eigenvalue weighted by Gasteiger charge is -2.36. The fraction of sp³-hybridized carbons (Fsp3) is 0.591. The van der Waals surface area contributed by atoms with Gasteiger partial charge in [-0.15, -0.1) is 0 Å². The molecule has 2 aliphatic rings. The number of cyclic esters (lactones) is 1. The highest BCUT2D eigenvalue weighted by atomic mass is 16.5. The molecule has 176 valence electrons. The van der Waals surface area contributed by atoms with E-state index in [1.807, 2.05) is 13.8 Å². The first-order valence-corrected chi connectivity index (χ1v) is 10.8. The van der Waals surface area contributed by atoms with Gasteiger partial charge in [-0.2, -0.15) is 0 Å². The van der Waals surface area contributed by atoms with Crippen molar-refractivity contribution in [3.63, 3.8) is 0 Å². The quantitative estimate of drug-likeness (QED) is 0.306. The molecule has 0 spiro atoms.